The minimum Gasteiger partial charge on any atom is -0.486 e. The summed E-state index contributed by atoms with van der Waals surface area (Å²) in [4.78, 5) is 13.3. The largest absolute Gasteiger partial charge is 0.486 e. The topological polar surface area (TPSA) is 84.0 Å². The molecule has 0 spiro atoms. The molecule has 1 aromatic heterocycles. The van der Waals surface area contributed by atoms with E-state index >= 15 is 0 Å². The van der Waals surface area contributed by atoms with Crippen LogP contribution in [-0.4, -0.2) is 89.5 Å². The molecule has 2 aromatic rings. The fraction of sp³-hybridized carbons (Fsp3) is 0.630. The van der Waals surface area contributed by atoms with Gasteiger partial charge in [-0.05, 0) is 59.7 Å². The lowest BCUT2D eigenvalue weighted by molar-refractivity contribution is -0.00778. The molecule has 4 heterocycles. The Morgan fingerprint density at radius 3 is 2.54 bits per heavy atom. The number of piperidine rings is 1. The van der Waals surface area contributed by atoms with Crippen molar-refractivity contribution in [2.75, 3.05) is 57.1 Å². The number of benzene rings is 1. The van der Waals surface area contributed by atoms with Crippen LogP contribution in [0.3, 0.4) is 0 Å². The van der Waals surface area contributed by atoms with Gasteiger partial charge in [0, 0.05) is 48.5 Å². The van der Waals surface area contributed by atoms with Crippen LogP contribution in [0, 0.1) is 5.82 Å². The maximum Gasteiger partial charge on any atom is 0.229 e. The Bertz CT molecular complexity index is 1090. The van der Waals surface area contributed by atoms with Gasteiger partial charge in [-0.3, -0.25) is 9.80 Å². The van der Waals surface area contributed by atoms with Gasteiger partial charge in [-0.1, -0.05) is 0 Å². The molecular formula is C27H39FN6O3. The Balaban J connectivity index is 1.23. The van der Waals surface area contributed by atoms with Gasteiger partial charge in [-0.15, -0.1) is 0 Å². The number of ether oxygens (including phenoxy) is 3. The lowest BCUT2D eigenvalue weighted by Crippen LogP contribution is -2.61. The summed E-state index contributed by atoms with van der Waals surface area (Å²) < 4.78 is 32.3. The lowest BCUT2D eigenvalue weighted by atomic mass is 9.77. The van der Waals surface area contributed by atoms with Gasteiger partial charge in [0.1, 0.15) is 12.7 Å². The zero-order chi connectivity index (χ0) is 26.2. The number of morpholine rings is 1. The van der Waals surface area contributed by atoms with E-state index in [0.717, 1.165) is 51.4 Å². The van der Waals surface area contributed by atoms with E-state index in [0.29, 0.717) is 24.1 Å². The SMILES string of the molecule is CN1C(C)(C)CC(Nc2nc(Nc3ccc4c(c3)OCC(CN3CCOCC3)O4)ncc2F)CC1(C)C. The fourth-order valence-electron chi connectivity index (χ4n) is 5.68. The quantitative estimate of drug-likeness (QED) is 0.596. The Labute approximate surface area is 218 Å². The maximum atomic E-state index is 14.7. The van der Waals surface area contributed by atoms with Crippen LogP contribution < -0.4 is 20.1 Å². The highest BCUT2D eigenvalue weighted by atomic mass is 19.1. The highest BCUT2D eigenvalue weighted by Gasteiger charge is 2.43. The number of anilines is 3. The molecule has 9 nitrogen and oxygen atoms in total. The monoisotopic (exact) mass is 514 g/mol. The molecule has 0 aliphatic carbocycles. The van der Waals surface area contributed by atoms with E-state index in [2.05, 4.69) is 65.1 Å². The predicted octanol–water partition coefficient (Wildman–Crippen LogP) is 3.89. The summed E-state index contributed by atoms with van der Waals surface area (Å²) in [5.41, 5.74) is 0.709. The van der Waals surface area contributed by atoms with Crippen molar-refractivity contribution in [1.29, 1.82) is 0 Å². The second-order valence-electron chi connectivity index (χ2n) is 11.6. The first kappa shape index (κ1) is 25.9. The van der Waals surface area contributed by atoms with Gasteiger partial charge in [0.25, 0.3) is 0 Å². The summed E-state index contributed by atoms with van der Waals surface area (Å²) in [5, 5.41) is 6.53. The van der Waals surface area contributed by atoms with E-state index in [1.165, 1.54) is 6.20 Å². The molecular weight excluding hydrogens is 475 g/mol. The zero-order valence-electron chi connectivity index (χ0n) is 22.5. The minimum atomic E-state index is -0.464. The molecule has 2 fully saturated rings. The minimum absolute atomic E-state index is 0.0175. The summed E-state index contributed by atoms with van der Waals surface area (Å²) in [5.74, 6) is 1.44. The highest BCUT2D eigenvalue weighted by molar-refractivity contribution is 5.61. The average molecular weight is 515 g/mol. The number of fused-ring (bicyclic) bond motifs is 1. The standard InChI is InChI=1S/C27H39FN6O3/c1-26(2)13-19(14-27(3,4)33(26)5)30-24-21(28)15-29-25(32-24)31-18-6-7-22-23(12-18)36-17-20(37-22)16-34-8-10-35-11-9-34/h6-7,12,15,19-20H,8-11,13-14,16-17H2,1-5H3,(H2,29,30,31,32). The number of hydrogen-bond donors (Lipinski definition) is 2. The van der Waals surface area contributed by atoms with E-state index in [-0.39, 0.29) is 29.0 Å². The number of aromatic nitrogens is 2. The number of hydrogen-bond acceptors (Lipinski definition) is 9. The molecule has 1 atom stereocenters. The smallest absolute Gasteiger partial charge is 0.229 e. The van der Waals surface area contributed by atoms with E-state index in [9.17, 15) is 4.39 Å². The lowest BCUT2D eigenvalue weighted by Gasteiger charge is -2.53. The summed E-state index contributed by atoms with van der Waals surface area (Å²) >= 11 is 0. The number of nitrogens with zero attached hydrogens (tertiary/aromatic N) is 4. The van der Waals surface area contributed by atoms with Crippen LogP contribution in [0.1, 0.15) is 40.5 Å². The molecule has 0 amide bonds. The van der Waals surface area contributed by atoms with Gasteiger partial charge in [0.2, 0.25) is 5.95 Å². The van der Waals surface area contributed by atoms with Gasteiger partial charge in [0.05, 0.1) is 19.4 Å². The van der Waals surface area contributed by atoms with Crippen LogP contribution in [0.4, 0.5) is 21.8 Å². The van der Waals surface area contributed by atoms with Crippen molar-refractivity contribution < 1.29 is 18.6 Å². The summed E-state index contributed by atoms with van der Waals surface area (Å²) in [6.07, 6.45) is 2.95. The molecule has 10 heteroatoms. The zero-order valence-corrected chi connectivity index (χ0v) is 22.5. The van der Waals surface area contributed by atoms with Gasteiger partial charge in [-0.25, -0.2) is 9.37 Å². The number of rotatable bonds is 6. The molecule has 0 radical (unpaired) electrons. The van der Waals surface area contributed by atoms with Crippen molar-refractivity contribution in [3.05, 3.63) is 30.2 Å². The first-order chi connectivity index (χ1) is 17.6. The summed E-state index contributed by atoms with van der Waals surface area (Å²) in [6, 6.07) is 5.73. The van der Waals surface area contributed by atoms with Crippen LogP contribution in [-0.2, 0) is 4.74 Å². The number of halogens is 1. The molecule has 1 unspecified atom stereocenters. The second kappa shape index (κ2) is 10.2. The molecule has 37 heavy (non-hydrogen) atoms. The predicted molar refractivity (Wildman–Crippen MR) is 141 cm³/mol. The summed E-state index contributed by atoms with van der Waals surface area (Å²) in [7, 11) is 2.15. The molecule has 0 saturated carbocycles. The molecule has 2 saturated heterocycles. The van der Waals surface area contributed by atoms with Gasteiger partial charge in [0.15, 0.2) is 23.1 Å². The highest BCUT2D eigenvalue weighted by Crippen LogP contribution is 2.38. The summed E-state index contributed by atoms with van der Waals surface area (Å²) in [6.45, 7) is 13.5. The van der Waals surface area contributed by atoms with Crippen molar-refractivity contribution >= 4 is 17.5 Å². The Morgan fingerprint density at radius 2 is 1.81 bits per heavy atom. The van der Waals surface area contributed by atoms with Gasteiger partial charge >= 0.3 is 0 Å². The third-order valence-electron chi connectivity index (χ3n) is 7.88. The number of likely N-dealkylation sites (tertiary alicyclic amines) is 1. The van der Waals surface area contributed by atoms with Crippen molar-refractivity contribution in [2.45, 2.75) is 63.8 Å². The van der Waals surface area contributed by atoms with Crippen LogP contribution in [0.2, 0.25) is 0 Å². The maximum absolute atomic E-state index is 14.7. The Morgan fingerprint density at radius 1 is 1.08 bits per heavy atom. The first-order valence-electron chi connectivity index (χ1n) is 13.1. The first-order valence-corrected chi connectivity index (χ1v) is 13.1. The number of nitrogens with one attached hydrogen (secondary N) is 2. The van der Waals surface area contributed by atoms with Crippen molar-refractivity contribution in [1.82, 2.24) is 19.8 Å². The second-order valence-corrected chi connectivity index (χ2v) is 11.6. The van der Waals surface area contributed by atoms with E-state index < -0.39 is 5.82 Å². The van der Waals surface area contributed by atoms with Crippen LogP contribution in [0.5, 0.6) is 11.5 Å². The molecule has 0 bridgehead atoms. The van der Waals surface area contributed by atoms with Crippen molar-refractivity contribution in [3.63, 3.8) is 0 Å². The van der Waals surface area contributed by atoms with Gasteiger partial charge < -0.3 is 24.8 Å². The van der Waals surface area contributed by atoms with E-state index in [1.807, 2.05) is 18.2 Å². The molecule has 202 valence electrons. The van der Waals surface area contributed by atoms with Gasteiger partial charge in [-0.2, -0.15) is 4.98 Å². The Hall–Kier alpha value is -2.69. The molecule has 5 rings (SSSR count). The van der Waals surface area contributed by atoms with Crippen LogP contribution >= 0.6 is 0 Å². The third kappa shape index (κ3) is 5.91. The Kier molecular flexibility index (Phi) is 7.17. The van der Waals surface area contributed by atoms with Crippen molar-refractivity contribution in [3.8, 4) is 11.5 Å². The average Bonchev–Trinajstić information content (AvgIpc) is 2.85. The van der Waals surface area contributed by atoms with Crippen molar-refractivity contribution in [2.24, 2.45) is 0 Å². The molecule has 3 aliphatic heterocycles. The molecule has 2 N–H and O–H groups in total. The van der Waals surface area contributed by atoms with E-state index in [4.69, 9.17) is 14.2 Å². The third-order valence-corrected chi connectivity index (χ3v) is 7.88. The molecule has 3 aliphatic rings. The van der Waals surface area contributed by atoms with Crippen LogP contribution in [0.25, 0.3) is 0 Å². The van der Waals surface area contributed by atoms with E-state index in [1.54, 1.807) is 0 Å². The fourth-order valence-corrected chi connectivity index (χ4v) is 5.68. The van der Waals surface area contributed by atoms with Crippen LogP contribution in [0.15, 0.2) is 24.4 Å². The normalized spacial score (nSPS) is 24.0. The molecule has 1 aromatic carbocycles.